The molecule has 1 N–H and O–H groups in total. The van der Waals surface area contributed by atoms with Crippen molar-refractivity contribution in [1.82, 2.24) is 4.98 Å². The van der Waals surface area contributed by atoms with E-state index in [0.717, 1.165) is 29.1 Å². The normalized spacial score (nSPS) is 17.7. The third-order valence-corrected chi connectivity index (χ3v) is 3.48. The van der Waals surface area contributed by atoms with E-state index < -0.39 is 0 Å². The molecule has 3 rings (SSSR count). The molecule has 1 atom stereocenters. The lowest BCUT2D eigenvalue weighted by molar-refractivity contribution is 0.274. The molecule has 18 heavy (non-hydrogen) atoms. The lowest BCUT2D eigenvalue weighted by atomic mass is 10.0. The molecule has 0 bridgehead atoms. The van der Waals surface area contributed by atoms with E-state index in [-0.39, 0.29) is 6.04 Å². The van der Waals surface area contributed by atoms with Crippen LogP contribution in [0, 0.1) is 0 Å². The van der Waals surface area contributed by atoms with Gasteiger partial charge in [0.2, 0.25) is 0 Å². The highest BCUT2D eigenvalue weighted by Gasteiger charge is 2.20. The molecule has 0 radical (unpaired) electrons. The van der Waals surface area contributed by atoms with Gasteiger partial charge in [-0.3, -0.25) is 0 Å². The van der Waals surface area contributed by atoms with E-state index in [1.54, 1.807) is 6.20 Å². The largest absolute Gasteiger partial charge is 0.493 e. The zero-order valence-corrected chi connectivity index (χ0v) is 11.4. The number of ether oxygens (including phenoxy) is 1. The summed E-state index contributed by atoms with van der Waals surface area (Å²) in [7, 11) is 0. The molecule has 4 heteroatoms. The van der Waals surface area contributed by atoms with Crippen LogP contribution < -0.4 is 10.1 Å². The van der Waals surface area contributed by atoms with Gasteiger partial charge in [0.1, 0.15) is 11.6 Å². The minimum atomic E-state index is 0.267. The minimum absolute atomic E-state index is 0.267. The van der Waals surface area contributed by atoms with Gasteiger partial charge < -0.3 is 10.1 Å². The van der Waals surface area contributed by atoms with Crippen molar-refractivity contribution in [2.24, 2.45) is 0 Å². The van der Waals surface area contributed by atoms with E-state index in [1.165, 1.54) is 5.56 Å². The number of nitrogens with zero attached hydrogens (tertiary/aromatic N) is 1. The molecule has 1 unspecified atom stereocenters. The molecule has 0 fully saturated rings. The van der Waals surface area contributed by atoms with Gasteiger partial charge in [0.05, 0.1) is 12.6 Å². The van der Waals surface area contributed by atoms with Crippen LogP contribution in [0.25, 0.3) is 0 Å². The van der Waals surface area contributed by atoms with Gasteiger partial charge in [-0.05, 0) is 34.1 Å². The number of pyridine rings is 1. The zero-order chi connectivity index (χ0) is 12.4. The standard InChI is InChI=1S/C14H13BrN2O/c15-10-5-6-14(16-9-10)17-12-7-8-18-13-4-2-1-3-11(12)13/h1-6,9,12H,7-8H2,(H,16,17). The van der Waals surface area contributed by atoms with Crippen LogP contribution in [-0.4, -0.2) is 11.6 Å². The Labute approximate surface area is 114 Å². The fraction of sp³-hybridized carbons (Fsp3) is 0.214. The Morgan fingerprint density at radius 3 is 2.94 bits per heavy atom. The molecule has 92 valence electrons. The number of para-hydroxylation sites is 1. The van der Waals surface area contributed by atoms with Crippen molar-refractivity contribution in [1.29, 1.82) is 0 Å². The Hall–Kier alpha value is -1.55. The number of anilines is 1. The van der Waals surface area contributed by atoms with Crippen LogP contribution in [-0.2, 0) is 0 Å². The van der Waals surface area contributed by atoms with Gasteiger partial charge in [-0.15, -0.1) is 0 Å². The third kappa shape index (κ3) is 2.34. The fourth-order valence-corrected chi connectivity index (χ4v) is 2.37. The van der Waals surface area contributed by atoms with Crippen LogP contribution in [0.15, 0.2) is 47.1 Å². The van der Waals surface area contributed by atoms with Gasteiger partial charge in [0.15, 0.2) is 0 Å². The Kier molecular flexibility index (Phi) is 3.19. The van der Waals surface area contributed by atoms with Crippen molar-refractivity contribution < 1.29 is 4.74 Å². The molecule has 1 aromatic carbocycles. The van der Waals surface area contributed by atoms with Gasteiger partial charge in [-0.25, -0.2) is 4.98 Å². The summed E-state index contributed by atoms with van der Waals surface area (Å²) >= 11 is 3.39. The first-order valence-electron chi connectivity index (χ1n) is 5.93. The molecule has 0 saturated carbocycles. The molecule has 0 spiro atoms. The zero-order valence-electron chi connectivity index (χ0n) is 9.77. The van der Waals surface area contributed by atoms with E-state index >= 15 is 0 Å². The first kappa shape index (κ1) is 11.5. The van der Waals surface area contributed by atoms with Crippen molar-refractivity contribution in [2.75, 3.05) is 11.9 Å². The number of hydrogen-bond acceptors (Lipinski definition) is 3. The summed E-state index contributed by atoms with van der Waals surface area (Å²) in [5.74, 6) is 1.86. The molecule has 2 aromatic rings. The highest BCUT2D eigenvalue weighted by Crippen LogP contribution is 2.33. The van der Waals surface area contributed by atoms with Crippen LogP contribution in [0.4, 0.5) is 5.82 Å². The fourth-order valence-electron chi connectivity index (χ4n) is 2.13. The maximum atomic E-state index is 5.64. The monoisotopic (exact) mass is 304 g/mol. The number of aromatic nitrogens is 1. The summed E-state index contributed by atoms with van der Waals surface area (Å²) in [6, 6.07) is 12.4. The molecular formula is C14H13BrN2O. The van der Waals surface area contributed by atoms with Gasteiger partial charge in [-0.2, -0.15) is 0 Å². The number of rotatable bonds is 2. The number of benzene rings is 1. The Bertz CT molecular complexity index is 542. The van der Waals surface area contributed by atoms with Crippen molar-refractivity contribution >= 4 is 21.7 Å². The average molecular weight is 305 g/mol. The summed E-state index contributed by atoms with van der Waals surface area (Å²) in [5, 5.41) is 3.45. The quantitative estimate of drug-likeness (QED) is 0.917. The molecule has 1 aliphatic heterocycles. The third-order valence-electron chi connectivity index (χ3n) is 3.01. The maximum Gasteiger partial charge on any atom is 0.126 e. The molecule has 1 aromatic heterocycles. The van der Waals surface area contributed by atoms with Crippen LogP contribution in [0.1, 0.15) is 18.0 Å². The lowest BCUT2D eigenvalue weighted by Crippen LogP contribution is -2.20. The van der Waals surface area contributed by atoms with E-state index in [4.69, 9.17) is 4.74 Å². The Morgan fingerprint density at radius 2 is 2.11 bits per heavy atom. The highest BCUT2D eigenvalue weighted by molar-refractivity contribution is 9.10. The second-order valence-electron chi connectivity index (χ2n) is 4.23. The number of nitrogens with one attached hydrogen (secondary N) is 1. The van der Waals surface area contributed by atoms with E-state index in [0.29, 0.717) is 0 Å². The van der Waals surface area contributed by atoms with Gasteiger partial charge in [-0.1, -0.05) is 18.2 Å². The average Bonchev–Trinajstić information content (AvgIpc) is 2.42. The van der Waals surface area contributed by atoms with Gasteiger partial charge >= 0.3 is 0 Å². The second-order valence-corrected chi connectivity index (χ2v) is 5.15. The molecule has 0 saturated heterocycles. The number of fused-ring (bicyclic) bond motifs is 1. The van der Waals surface area contributed by atoms with Crippen molar-refractivity contribution in [2.45, 2.75) is 12.5 Å². The van der Waals surface area contributed by atoms with Crippen LogP contribution in [0.2, 0.25) is 0 Å². The van der Waals surface area contributed by atoms with E-state index in [9.17, 15) is 0 Å². The number of halogens is 1. The smallest absolute Gasteiger partial charge is 0.126 e. The molecule has 0 amide bonds. The van der Waals surface area contributed by atoms with Crippen molar-refractivity contribution in [3.8, 4) is 5.75 Å². The van der Waals surface area contributed by atoms with Gasteiger partial charge in [0, 0.05) is 22.7 Å². The van der Waals surface area contributed by atoms with Crippen molar-refractivity contribution in [3.05, 3.63) is 52.6 Å². The predicted octanol–water partition coefficient (Wildman–Crippen LogP) is 3.78. The SMILES string of the molecule is Brc1ccc(NC2CCOc3ccccc32)nc1. The van der Waals surface area contributed by atoms with Crippen LogP contribution in [0.5, 0.6) is 5.75 Å². The molecule has 3 nitrogen and oxygen atoms in total. The Morgan fingerprint density at radius 1 is 1.22 bits per heavy atom. The van der Waals surface area contributed by atoms with Crippen LogP contribution in [0.3, 0.4) is 0 Å². The number of hydrogen-bond donors (Lipinski definition) is 1. The molecule has 1 aliphatic rings. The molecule has 0 aliphatic carbocycles. The maximum absolute atomic E-state index is 5.64. The Balaban J connectivity index is 1.84. The summed E-state index contributed by atoms with van der Waals surface area (Å²) in [4.78, 5) is 4.35. The van der Waals surface area contributed by atoms with Crippen molar-refractivity contribution in [3.63, 3.8) is 0 Å². The topological polar surface area (TPSA) is 34.1 Å². The first-order valence-corrected chi connectivity index (χ1v) is 6.72. The van der Waals surface area contributed by atoms with E-state index in [1.807, 2.05) is 30.3 Å². The summed E-state index contributed by atoms with van der Waals surface area (Å²) in [6.07, 6.45) is 2.75. The summed E-state index contributed by atoms with van der Waals surface area (Å²) in [6.45, 7) is 0.741. The molecule has 2 heterocycles. The second kappa shape index (κ2) is 4.98. The predicted molar refractivity (Wildman–Crippen MR) is 74.9 cm³/mol. The first-order chi connectivity index (χ1) is 8.83. The highest BCUT2D eigenvalue weighted by atomic mass is 79.9. The molecular weight excluding hydrogens is 292 g/mol. The summed E-state index contributed by atoms with van der Waals surface area (Å²) in [5.41, 5.74) is 1.20. The van der Waals surface area contributed by atoms with Crippen LogP contribution >= 0.6 is 15.9 Å². The minimum Gasteiger partial charge on any atom is -0.493 e. The lowest BCUT2D eigenvalue weighted by Gasteiger charge is -2.27. The summed E-state index contributed by atoms with van der Waals surface area (Å²) < 4.78 is 6.63. The van der Waals surface area contributed by atoms with Gasteiger partial charge in [0.25, 0.3) is 0 Å². The van der Waals surface area contributed by atoms with E-state index in [2.05, 4.69) is 32.3 Å².